The number of benzene rings is 7. The van der Waals surface area contributed by atoms with Crippen LogP contribution in [0.15, 0.2) is 205 Å². The van der Waals surface area contributed by atoms with Gasteiger partial charge < -0.3 is 29.5 Å². The molecule has 390 valence electrons. The lowest BCUT2D eigenvalue weighted by Gasteiger charge is -2.42. The van der Waals surface area contributed by atoms with Gasteiger partial charge in [0.2, 0.25) is 0 Å². The molecule has 0 aliphatic carbocycles. The van der Waals surface area contributed by atoms with Gasteiger partial charge >= 0.3 is 0 Å². The summed E-state index contributed by atoms with van der Waals surface area (Å²) >= 11 is 0. The summed E-state index contributed by atoms with van der Waals surface area (Å²) in [5, 5.41) is 24.2. The second-order valence-corrected chi connectivity index (χ2v) is 24.0. The van der Waals surface area contributed by atoms with E-state index >= 15 is 0 Å². The first-order chi connectivity index (χ1) is 36.5. The van der Waals surface area contributed by atoms with E-state index in [-0.39, 0.29) is 23.0 Å². The van der Waals surface area contributed by atoms with Gasteiger partial charge in [-0.15, -0.1) is 0 Å². The summed E-state index contributed by atoms with van der Waals surface area (Å²) in [6, 6.07) is 66.9. The molecule has 0 radical (unpaired) electrons. The highest BCUT2D eigenvalue weighted by Crippen LogP contribution is 2.44. The summed E-state index contributed by atoms with van der Waals surface area (Å²) in [6.07, 6.45) is 5.85. The van der Waals surface area contributed by atoms with Crippen LogP contribution in [0.1, 0.15) is 77.1 Å². The predicted octanol–water partition coefficient (Wildman–Crippen LogP) is 10.8. The Morgan fingerprint density at radius 3 is 1.12 bits per heavy atom. The van der Waals surface area contributed by atoms with Crippen molar-refractivity contribution in [1.29, 1.82) is 0 Å². The van der Waals surface area contributed by atoms with Crippen LogP contribution in [0.25, 0.3) is 0 Å². The fourth-order valence-corrected chi connectivity index (χ4v) is 14.0. The molecule has 0 aromatic heterocycles. The Kier molecular flexibility index (Phi) is 16.3. The molecule has 7 aromatic rings. The molecule has 0 saturated carbocycles. The molecule has 4 aliphatic rings. The number of aliphatic hydroxyl groups is 2. The van der Waals surface area contributed by atoms with Crippen molar-refractivity contribution < 1.29 is 28.1 Å². The van der Waals surface area contributed by atoms with Gasteiger partial charge in [-0.2, -0.15) is 0 Å². The number of sulfone groups is 1. The van der Waals surface area contributed by atoms with Crippen LogP contribution in [0.2, 0.25) is 0 Å². The van der Waals surface area contributed by atoms with Gasteiger partial charge in [0.05, 0.1) is 42.5 Å². The molecule has 0 atom stereocenters. The molecule has 4 fully saturated rings. The van der Waals surface area contributed by atoms with E-state index in [1.54, 1.807) is 24.3 Å². The molecule has 7 aromatic carbocycles. The van der Waals surface area contributed by atoms with Crippen molar-refractivity contribution in [3.63, 3.8) is 0 Å². The Morgan fingerprint density at radius 1 is 0.467 bits per heavy atom. The molecule has 0 unspecified atom stereocenters. The molecule has 0 amide bonds. The van der Waals surface area contributed by atoms with Gasteiger partial charge in [0, 0.05) is 18.5 Å². The summed E-state index contributed by atoms with van der Waals surface area (Å²) < 4.78 is 37.2. The Labute approximate surface area is 445 Å². The van der Waals surface area contributed by atoms with Crippen LogP contribution >= 0.6 is 0 Å². The van der Waals surface area contributed by atoms with Crippen molar-refractivity contribution in [3.05, 3.63) is 245 Å². The van der Waals surface area contributed by atoms with Crippen LogP contribution in [0.3, 0.4) is 0 Å². The largest absolute Gasteiger partial charge is 0.380 e. The maximum absolute atomic E-state index is 13.1. The lowest BCUT2D eigenvalue weighted by atomic mass is 9.72. The van der Waals surface area contributed by atoms with Crippen molar-refractivity contribution in [1.82, 2.24) is 9.80 Å². The van der Waals surface area contributed by atoms with Crippen molar-refractivity contribution in [2.75, 3.05) is 71.4 Å². The highest BCUT2D eigenvalue weighted by Gasteiger charge is 2.45. The van der Waals surface area contributed by atoms with E-state index in [4.69, 9.17) is 9.47 Å². The highest BCUT2D eigenvalue weighted by molar-refractivity contribution is 7.91. The molecule has 4 saturated heterocycles. The molecule has 0 spiro atoms. The molecule has 11 rings (SSSR count). The van der Waals surface area contributed by atoms with Crippen LogP contribution in [-0.4, -0.2) is 99.9 Å². The van der Waals surface area contributed by atoms with Gasteiger partial charge in [-0.25, -0.2) is 8.42 Å². The van der Waals surface area contributed by atoms with E-state index in [0.717, 1.165) is 119 Å². The third kappa shape index (κ3) is 11.7. The Hall–Kier alpha value is -5.75. The van der Waals surface area contributed by atoms with Crippen LogP contribution in [0.5, 0.6) is 0 Å². The molecule has 2 N–H and O–H groups in total. The fraction of sp³-hybridized carbons (Fsp3) is 0.364. The monoisotopic (exact) mass is 1020 g/mol. The van der Waals surface area contributed by atoms with Gasteiger partial charge in [-0.3, -0.25) is 0 Å². The number of nitrogens with zero attached hydrogens (tertiary/aromatic N) is 2. The van der Waals surface area contributed by atoms with Crippen LogP contribution < -0.4 is 0 Å². The molecule has 75 heavy (non-hydrogen) atoms. The van der Waals surface area contributed by atoms with Gasteiger partial charge in [0.15, 0.2) is 9.84 Å². The number of hydrogen-bond donors (Lipinski definition) is 2. The first-order valence-corrected chi connectivity index (χ1v) is 28.9. The Balaban J connectivity index is 0.000000176. The molecule has 0 bridgehead atoms. The zero-order valence-electron chi connectivity index (χ0n) is 43.6. The zero-order valence-corrected chi connectivity index (χ0v) is 44.4. The van der Waals surface area contributed by atoms with E-state index < -0.39 is 26.5 Å². The fourth-order valence-electron chi connectivity index (χ4n) is 12.2. The third-order valence-corrected chi connectivity index (χ3v) is 19.0. The first-order valence-electron chi connectivity index (χ1n) is 27.2. The topological polar surface area (TPSA) is 99.5 Å². The number of piperidine rings is 2. The summed E-state index contributed by atoms with van der Waals surface area (Å²) in [5.74, 6) is 0.408. The van der Waals surface area contributed by atoms with E-state index in [1.807, 2.05) is 103 Å². The van der Waals surface area contributed by atoms with Crippen molar-refractivity contribution >= 4 is 9.84 Å². The summed E-state index contributed by atoms with van der Waals surface area (Å²) in [4.78, 5) is 5.42. The van der Waals surface area contributed by atoms with E-state index in [1.165, 1.54) is 16.7 Å². The minimum absolute atomic E-state index is 0.0522. The van der Waals surface area contributed by atoms with Crippen molar-refractivity contribution in [3.8, 4) is 0 Å². The minimum Gasteiger partial charge on any atom is -0.380 e. The summed E-state index contributed by atoms with van der Waals surface area (Å²) in [7, 11) is -3.42. The molecule has 4 heterocycles. The maximum atomic E-state index is 13.1. The van der Waals surface area contributed by atoms with Crippen molar-refractivity contribution in [2.45, 2.75) is 72.4 Å². The van der Waals surface area contributed by atoms with Crippen LogP contribution in [0, 0.1) is 11.8 Å². The van der Waals surface area contributed by atoms with Gasteiger partial charge in [-0.1, -0.05) is 195 Å². The maximum Gasteiger partial charge on any atom is 0.179 e. The van der Waals surface area contributed by atoms with Crippen LogP contribution in [-0.2, 0) is 54.2 Å². The second kappa shape index (κ2) is 23.2. The average Bonchev–Trinajstić information content (AvgIpc) is 3.46. The first kappa shape index (κ1) is 52.7. The molecular formula is C66H74N2O6S. The SMILES string of the molecule is CC1(c2ccc(CCN3CCC(C(O)(c4ccccc4)c4ccccc4)CC3)cc2)COC1.O=S(=O)(CC1(c2ccc(CCN3CCC(C(O)(c4ccccc4)c4ccccc4)CC3)cc2)COC1)c1ccccc1. The Morgan fingerprint density at radius 2 is 0.800 bits per heavy atom. The molecule has 4 aliphatic heterocycles. The average molecular weight is 1020 g/mol. The number of rotatable bonds is 17. The predicted molar refractivity (Wildman–Crippen MR) is 300 cm³/mol. The Bertz CT molecular complexity index is 2890. The van der Waals surface area contributed by atoms with E-state index in [0.29, 0.717) is 18.1 Å². The van der Waals surface area contributed by atoms with Gasteiger partial charge in [-0.05, 0) is 133 Å². The van der Waals surface area contributed by atoms with E-state index in [2.05, 4.69) is 89.5 Å². The van der Waals surface area contributed by atoms with Gasteiger partial charge in [0.1, 0.15) is 11.2 Å². The highest BCUT2D eigenvalue weighted by atomic mass is 32.2. The van der Waals surface area contributed by atoms with E-state index in [9.17, 15) is 18.6 Å². The van der Waals surface area contributed by atoms with Gasteiger partial charge in [0.25, 0.3) is 0 Å². The number of likely N-dealkylation sites (tertiary alicyclic amines) is 2. The summed E-state index contributed by atoms with van der Waals surface area (Å²) in [5.41, 5.74) is 6.74. The minimum atomic E-state index is -3.42. The lowest BCUT2D eigenvalue weighted by Crippen LogP contribution is -2.51. The number of ether oxygens (including phenoxy) is 2. The van der Waals surface area contributed by atoms with Crippen LogP contribution in [0.4, 0.5) is 0 Å². The zero-order chi connectivity index (χ0) is 51.8. The molecular weight excluding hydrogens is 949 g/mol. The summed E-state index contributed by atoms with van der Waals surface area (Å²) in [6.45, 7) is 10.8. The molecule has 8 nitrogen and oxygen atoms in total. The second-order valence-electron chi connectivity index (χ2n) is 22.0. The quantitative estimate of drug-likeness (QED) is 0.0931. The number of hydrogen-bond acceptors (Lipinski definition) is 8. The third-order valence-electron chi connectivity index (χ3n) is 17.0. The normalized spacial score (nSPS) is 18.5. The molecule has 9 heteroatoms. The standard InChI is InChI=1S/C36H39NO4S.C30H35NO2/c38-36(31-10-4-1-5-11-31,32-12-6-2-7-13-32)33-21-24-37(25-22-33)23-20-29-16-18-30(19-17-29)35(26-41-27-35)28-42(39,40)34-14-8-3-9-15-34;1-29(22-33-23-29)25-14-12-24(13-15-25)16-19-31-20-17-28(18-21-31)30(32,26-8-4-2-5-9-26)27-10-6-3-7-11-27/h1-19,33,38H,20-28H2;2-15,28,32H,16-23H2,1H3. The van der Waals surface area contributed by atoms with Crippen molar-refractivity contribution in [2.24, 2.45) is 11.8 Å². The smallest absolute Gasteiger partial charge is 0.179 e. The lowest BCUT2D eigenvalue weighted by molar-refractivity contribution is -0.0500.